The molecule has 2 rings (SSSR count). The van der Waals surface area contributed by atoms with Gasteiger partial charge in [0.05, 0.1) is 30.2 Å². The predicted molar refractivity (Wildman–Crippen MR) is 78.1 cm³/mol. The highest BCUT2D eigenvalue weighted by Gasteiger charge is 2.10. The first-order valence-corrected chi connectivity index (χ1v) is 6.80. The van der Waals surface area contributed by atoms with Crippen molar-refractivity contribution in [3.63, 3.8) is 0 Å². The summed E-state index contributed by atoms with van der Waals surface area (Å²) in [5.74, 6) is 0. The van der Waals surface area contributed by atoms with E-state index in [9.17, 15) is 4.79 Å². The molecule has 0 aliphatic rings. The quantitative estimate of drug-likeness (QED) is 0.939. The molecule has 0 atom stereocenters. The highest BCUT2D eigenvalue weighted by Crippen LogP contribution is 2.17. The van der Waals surface area contributed by atoms with E-state index in [2.05, 4.69) is 31.3 Å². The van der Waals surface area contributed by atoms with Gasteiger partial charge in [-0.25, -0.2) is 4.68 Å². The highest BCUT2D eigenvalue weighted by atomic mass is 79.9. The molecule has 0 amide bonds. The summed E-state index contributed by atoms with van der Waals surface area (Å²) in [6.45, 7) is 4.38. The molecule has 0 fully saturated rings. The Labute approximate surface area is 119 Å². The number of nitrogens with zero attached hydrogens (tertiary/aromatic N) is 3. The molecule has 5 nitrogen and oxygen atoms in total. The molecule has 0 bridgehead atoms. The summed E-state index contributed by atoms with van der Waals surface area (Å²) in [4.78, 5) is 16.3. The van der Waals surface area contributed by atoms with Crippen LogP contribution in [0.15, 0.2) is 39.9 Å². The molecular weight excluding hydrogens is 308 g/mol. The van der Waals surface area contributed by atoms with Gasteiger partial charge in [-0.3, -0.25) is 9.78 Å². The third-order valence-corrected chi connectivity index (χ3v) is 3.39. The van der Waals surface area contributed by atoms with Crippen molar-refractivity contribution < 1.29 is 0 Å². The van der Waals surface area contributed by atoms with Crippen LogP contribution in [0.25, 0.3) is 0 Å². The lowest BCUT2D eigenvalue weighted by Gasteiger charge is -2.12. The first-order chi connectivity index (χ1) is 9.09. The van der Waals surface area contributed by atoms with E-state index in [-0.39, 0.29) is 11.6 Å². The van der Waals surface area contributed by atoms with Crippen molar-refractivity contribution in [2.24, 2.45) is 0 Å². The van der Waals surface area contributed by atoms with E-state index in [0.717, 1.165) is 5.69 Å². The van der Waals surface area contributed by atoms with Crippen molar-refractivity contribution in [2.45, 2.75) is 26.4 Å². The van der Waals surface area contributed by atoms with Crippen LogP contribution in [0.2, 0.25) is 0 Å². The molecule has 2 heterocycles. The predicted octanol–water partition coefficient (Wildman–Crippen LogP) is 2.59. The Morgan fingerprint density at radius 2 is 2.21 bits per heavy atom. The second-order valence-electron chi connectivity index (χ2n) is 4.39. The van der Waals surface area contributed by atoms with Gasteiger partial charge in [0, 0.05) is 6.20 Å². The zero-order chi connectivity index (χ0) is 13.8. The Morgan fingerprint density at radius 1 is 1.42 bits per heavy atom. The summed E-state index contributed by atoms with van der Waals surface area (Å²) in [5.41, 5.74) is 1.44. The van der Waals surface area contributed by atoms with Crippen LogP contribution in [0, 0.1) is 0 Å². The van der Waals surface area contributed by atoms with E-state index in [1.54, 1.807) is 12.4 Å². The average Bonchev–Trinajstić information content (AvgIpc) is 2.41. The lowest BCUT2D eigenvalue weighted by molar-refractivity contribution is 0.501. The van der Waals surface area contributed by atoms with Gasteiger partial charge in [0.2, 0.25) is 0 Å². The van der Waals surface area contributed by atoms with Gasteiger partial charge in [-0.15, -0.1) is 0 Å². The van der Waals surface area contributed by atoms with E-state index in [1.165, 1.54) is 4.68 Å². The molecule has 1 N–H and O–H groups in total. The van der Waals surface area contributed by atoms with Gasteiger partial charge >= 0.3 is 0 Å². The summed E-state index contributed by atoms with van der Waals surface area (Å²) in [6, 6.07) is 5.75. The Morgan fingerprint density at radius 3 is 2.84 bits per heavy atom. The minimum absolute atomic E-state index is 0.0358. The largest absolute Gasteiger partial charge is 0.377 e. The second-order valence-corrected chi connectivity index (χ2v) is 5.18. The van der Waals surface area contributed by atoms with Crippen molar-refractivity contribution in [1.29, 1.82) is 0 Å². The van der Waals surface area contributed by atoms with Gasteiger partial charge in [0.25, 0.3) is 5.56 Å². The van der Waals surface area contributed by atoms with E-state index in [0.29, 0.717) is 16.7 Å². The van der Waals surface area contributed by atoms with Crippen molar-refractivity contribution in [2.75, 3.05) is 5.32 Å². The number of anilines is 1. The average molecular weight is 323 g/mol. The van der Waals surface area contributed by atoms with Crippen LogP contribution in [0.5, 0.6) is 0 Å². The van der Waals surface area contributed by atoms with Gasteiger partial charge in [0.1, 0.15) is 4.47 Å². The molecule has 19 heavy (non-hydrogen) atoms. The summed E-state index contributed by atoms with van der Waals surface area (Å²) < 4.78 is 1.93. The zero-order valence-electron chi connectivity index (χ0n) is 10.8. The SMILES string of the molecule is CC(C)n1ncc(NCc2ccccn2)c(Br)c1=O. The van der Waals surface area contributed by atoms with E-state index < -0.39 is 0 Å². The highest BCUT2D eigenvalue weighted by molar-refractivity contribution is 9.10. The number of aromatic nitrogens is 3. The van der Waals surface area contributed by atoms with Crippen molar-refractivity contribution in [3.05, 3.63) is 51.1 Å². The molecule has 2 aromatic heterocycles. The van der Waals surface area contributed by atoms with Gasteiger partial charge in [-0.1, -0.05) is 6.07 Å². The molecule has 0 radical (unpaired) electrons. The van der Waals surface area contributed by atoms with Crippen LogP contribution >= 0.6 is 15.9 Å². The molecule has 0 saturated heterocycles. The minimum atomic E-state index is -0.138. The molecule has 0 aliphatic carbocycles. The minimum Gasteiger partial charge on any atom is -0.377 e. The molecule has 0 aromatic carbocycles. The fourth-order valence-corrected chi connectivity index (χ4v) is 2.05. The maximum atomic E-state index is 12.0. The molecule has 0 spiro atoms. The van der Waals surface area contributed by atoms with Crippen LogP contribution in [0.1, 0.15) is 25.6 Å². The van der Waals surface area contributed by atoms with Crippen LogP contribution in [-0.2, 0) is 6.54 Å². The van der Waals surface area contributed by atoms with E-state index in [1.807, 2.05) is 32.0 Å². The Kier molecular flexibility index (Phi) is 4.31. The van der Waals surface area contributed by atoms with Crippen molar-refractivity contribution >= 4 is 21.6 Å². The normalized spacial score (nSPS) is 10.7. The lowest BCUT2D eigenvalue weighted by atomic mass is 10.3. The molecule has 2 aromatic rings. The molecular formula is C13H15BrN4O. The molecule has 6 heteroatoms. The lowest BCUT2D eigenvalue weighted by Crippen LogP contribution is -2.26. The standard InChI is InChI=1S/C13H15BrN4O/c1-9(2)18-13(19)12(14)11(8-17-18)16-7-10-5-3-4-6-15-10/h3-6,8-9,16H,7H2,1-2H3. The first kappa shape index (κ1) is 13.7. The fraction of sp³-hybridized carbons (Fsp3) is 0.308. The molecule has 0 aliphatic heterocycles. The maximum absolute atomic E-state index is 12.0. The fourth-order valence-electron chi connectivity index (χ4n) is 1.62. The molecule has 0 saturated carbocycles. The number of hydrogen-bond acceptors (Lipinski definition) is 4. The number of halogens is 1. The molecule has 0 unspecified atom stereocenters. The van der Waals surface area contributed by atoms with Gasteiger partial charge in [-0.2, -0.15) is 5.10 Å². The summed E-state index contributed by atoms with van der Waals surface area (Å²) in [7, 11) is 0. The summed E-state index contributed by atoms with van der Waals surface area (Å²) >= 11 is 3.32. The number of hydrogen-bond donors (Lipinski definition) is 1. The Hall–Kier alpha value is -1.69. The number of rotatable bonds is 4. The number of nitrogens with one attached hydrogen (secondary N) is 1. The van der Waals surface area contributed by atoms with E-state index >= 15 is 0 Å². The van der Waals surface area contributed by atoms with Gasteiger partial charge in [0.15, 0.2) is 0 Å². The van der Waals surface area contributed by atoms with E-state index in [4.69, 9.17) is 0 Å². The monoisotopic (exact) mass is 322 g/mol. The topological polar surface area (TPSA) is 59.8 Å². The van der Waals surface area contributed by atoms with Crippen LogP contribution in [0.4, 0.5) is 5.69 Å². The van der Waals surface area contributed by atoms with Crippen LogP contribution < -0.4 is 10.9 Å². The Balaban J connectivity index is 2.18. The smallest absolute Gasteiger partial charge is 0.283 e. The van der Waals surface area contributed by atoms with Gasteiger partial charge < -0.3 is 5.32 Å². The maximum Gasteiger partial charge on any atom is 0.283 e. The second kappa shape index (κ2) is 5.97. The third kappa shape index (κ3) is 3.20. The summed E-state index contributed by atoms with van der Waals surface area (Å²) in [6.07, 6.45) is 3.38. The first-order valence-electron chi connectivity index (χ1n) is 6.00. The van der Waals surface area contributed by atoms with Gasteiger partial charge in [-0.05, 0) is 41.9 Å². The molecule has 100 valence electrons. The number of pyridine rings is 1. The van der Waals surface area contributed by atoms with Crippen molar-refractivity contribution in [3.8, 4) is 0 Å². The van der Waals surface area contributed by atoms with Crippen LogP contribution in [0.3, 0.4) is 0 Å². The third-order valence-electron chi connectivity index (χ3n) is 2.62. The zero-order valence-corrected chi connectivity index (χ0v) is 12.4. The summed E-state index contributed by atoms with van der Waals surface area (Å²) in [5, 5.41) is 7.29. The van der Waals surface area contributed by atoms with Crippen LogP contribution in [-0.4, -0.2) is 14.8 Å². The Bertz CT molecular complexity index is 610. The van der Waals surface area contributed by atoms with Crippen molar-refractivity contribution in [1.82, 2.24) is 14.8 Å².